The summed E-state index contributed by atoms with van der Waals surface area (Å²) in [6.07, 6.45) is 0. The van der Waals surface area contributed by atoms with E-state index in [0.717, 1.165) is 10.2 Å². The van der Waals surface area contributed by atoms with Gasteiger partial charge in [0.15, 0.2) is 0 Å². The highest BCUT2D eigenvalue weighted by Crippen LogP contribution is 2.21. The number of nitrogens with one attached hydrogen (secondary N) is 3. The number of aromatic nitrogens is 2. The van der Waals surface area contributed by atoms with E-state index in [-0.39, 0.29) is 5.03 Å². The molecule has 0 aliphatic carbocycles. The molecule has 108 valence electrons. The third kappa shape index (κ3) is 3.20. The minimum absolute atomic E-state index is 0.0206. The van der Waals surface area contributed by atoms with E-state index in [2.05, 4.69) is 36.2 Å². The zero-order chi connectivity index (χ0) is 14.8. The number of aryl methyl sites for hydroxylation is 1. The van der Waals surface area contributed by atoms with Crippen molar-refractivity contribution in [2.75, 3.05) is 11.8 Å². The number of aromatic amines is 1. The number of hydrogen-bond acceptors (Lipinski definition) is 4. The van der Waals surface area contributed by atoms with Gasteiger partial charge in [0.25, 0.3) is 10.0 Å². The van der Waals surface area contributed by atoms with Gasteiger partial charge in [-0.25, -0.2) is 0 Å². The topological polar surface area (TPSA) is 86.9 Å². The van der Waals surface area contributed by atoms with E-state index in [1.807, 2.05) is 0 Å². The van der Waals surface area contributed by atoms with Gasteiger partial charge < -0.3 is 5.32 Å². The molecule has 0 amide bonds. The van der Waals surface area contributed by atoms with Crippen molar-refractivity contribution in [1.82, 2.24) is 15.5 Å². The Kier molecular flexibility index (Phi) is 4.46. The van der Waals surface area contributed by atoms with Crippen molar-refractivity contribution in [2.24, 2.45) is 0 Å². The number of halogens is 1. The largest absolute Gasteiger partial charge is 0.316 e. The molecule has 8 heteroatoms. The molecule has 3 N–H and O–H groups in total. The molecule has 0 radical (unpaired) electrons. The fraction of sp³-hybridized carbons (Fsp3) is 0.250. The van der Waals surface area contributed by atoms with Gasteiger partial charge in [0.1, 0.15) is 0 Å². The van der Waals surface area contributed by atoms with Gasteiger partial charge in [-0.05, 0) is 38.2 Å². The van der Waals surface area contributed by atoms with Crippen LogP contribution in [0.4, 0.5) is 5.69 Å². The molecule has 2 rings (SSSR count). The Morgan fingerprint density at radius 1 is 1.30 bits per heavy atom. The van der Waals surface area contributed by atoms with Crippen LogP contribution in [0.2, 0.25) is 0 Å². The maximum atomic E-state index is 12.4. The maximum Gasteiger partial charge on any atom is 0.281 e. The van der Waals surface area contributed by atoms with Crippen LogP contribution in [0.5, 0.6) is 0 Å². The van der Waals surface area contributed by atoms with Crippen LogP contribution < -0.4 is 10.0 Å². The van der Waals surface area contributed by atoms with Crippen LogP contribution in [0, 0.1) is 6.92 Å². The summed E-state index contributed by atoms with van der Waals surface area (Å²) in [4.78, 5) is 0. The summed E-state index contributed by atoms with van der Waals surface area (Å²) in [6.45, 7) is 2.22. The lowest BCUT2D eigenvalue weighted by Crippen LogP contribution is -2.17. The van der Waals surface area contributed by atoms with Crippen LogP contribution in [0.15, 0.2) is 33.8 Å². The number of sulfonamides is 1. The predicted octanol–water partition coefficient (Wildman–Crippen LogP) is 2.00. The van der Waals surface area contributed by atoms with Crippen molar-refractivity contribution in [1.29, 1.82) is 0 Å². The first-order chi connectivity index (χ1) is 9.44. The Morgan fingerprint density at radius 3 is 2.55 bits per heavy atom. The second-order valence-corrected chi connectivity index (χ2v) is 6.79. The first kappa shape index (κ1) is 15.0. The molecule has 0 aliphatic heterocycles. The van der Waals surface area contributed by atoms with Gasteiger partial charge in [0.2, 0.25) is 5.03 Å². The summed E-state index contributed by atoms with van der Waals surface area (Å²) in [5.41, 5.74) is 1.86. The van der Waals surface area contributed by atoms with E-state index in [4.69, 9.17) is 0 Å². The summed E-state index contributed by atoms with van der Waals surface area (Å²) in [5, 5.41) is 9.56. The van der Waals surface area contributed by atoms with Gasteiger partial charge in [-0.15, -0.1) is 0 Å². The van der Waals surface area contributed by atoms with Crippen LogP contribution in [-0.4, -0.2) is 25.7 Å². The molecule has 20 heavy (non-hydrogen) atoms. The van der Waals surface area contributed by atoms with E-state index in [1.165, 1.54) is 0 Å². The number of anilines is 1. The molecule has 1 heterocycles. The molecule has 1 aromatic carbocycles. The fourth-order valence-electron chi connectivity index (χ4n) is 1.76. The maximum absolute atomic E-state index is 12.4. The molecule has 1 aromatic heterocycles. The molecule has 0 spiro atoms. The van der Waals surface area contributed by atoms with Crippen LogP contribution in [0.3, 0.4) is 0 Å². The zero-order valence-corrected chi connectivity index (χ0v) is 13.5. The van der Waals surface area contributed by atoms with E-state index in [0.29, 0.717) is 17.8 Å². The normalized spacial score (nSPS) is 11.6. The second-order valence-electron chi connectivity index (χ2n) is 4.28. The Balaban J connectivity index is 2.33. The molecule has 0 fully saturated rings. The summed E-state index contributed by atoms with van der Waals surface area (Å²) in [5.74, 6) is 0. The van der Waals surface area contributed by atoms with E-state index >= 15 is 0 Å². The molecular weight excluding hydrogens is 344 g/mol. The third-order valence-electron chi connectivity index (χ3n) is 2.74. The molecule has 0 saturated carbocycles. The third-order valence-corrected chi connectivity index (χ3v) is 4.62. The van der Waals surface area contributed by atoms with Gasteiger partial charge >= 0.3 is 0 Å². The summed E-state index contributed by atoms with van der Waals surface area (Å²) >= 11 is 3.30. The molecule has 6 nitrogen and oxygen atoms in total. The molecule has 0 aliphatic rings. The van der Waals surface area contributed by atoms with E-state index in [1.54, 1.807) is 38.2 Å². The molecule has 0 bridgehead atoms. The van der Waals surface area contributed by atoms with E-state index < -0.39 is 10.0 Å². The highest BCUT2D eigenvalue weighted by Gasteiger charge is 2.23. The highest BCUT2D eigenvalue weighted by molar-refractivity contribution is 9.10. The van der Waals surface area contributed by atoms with Gasteiger partial charge in [-0.3, -0.25) is 9.82 Å². The first-order valence-corrected chi connectivity index (χ1v) is 8.18. The van der Waals surface area contributed by atoms with Crippen molar-refractivity contribution in [2.45, 2.75) is 18.5 Å². The second kappa shape index (κ2) is 5.94. The minimum atomic E-state index is -3.71. The van der Waals surface area contributed by atoms with Gasteiger partial charge in [-0.2, -0.15) is 13.5 Å². The Labute approximate surface area is 126 Å². The van der Waals surface area contributed by atoms with Gasteiger partial charge in [0.05, 0.1) is 0 Å². The van der Waals surface area contributed by atoms with E-state index in [9.17, 15) is 8.42 Å². The van der Waals surface area contributed by atoms with Crippen LogP contribution >= 0.6 is 15.9 Å². The molecular formula is C12H15BrN4O2S. The predicted molar refractivity (Wildman–Crippen MR) is 81.0 cm³/mol. The standard InChI is InChI=1S/C12H15BrN4O2S/c1-8-11(7-14-2)12(16-15-8)20(18,19)17-10-5-3-9(13)4-6-10/h3-6,14,17H,7H2,1-2H3,(H,15,16). The van der Waals surface area contributed by atoms with Crippen LogP contribution in [0.25, 0.3) is 0 Å². The Hall–Kier alpha value is -1.38. The lowest BCUT2D eigenvalue weighted by Gasteiger charge is -2.08. The average Bonchev–Trinajstić information content (AvgIpc) is 2.75. The van der Waals surface area contributed by atoms with Gasteiger partial charge in [-0.1, -0.05) is 15.9 Å². The zero-order valence-electron chi connectivity index (χ0n) is 11.1. The van der Waals surface area contributed by atoms with Crippen LogP contribution in [0.1, 0.15) is 11.3 Å². The van der Waals surface area contributed by atoms with Crippen molar-refractivity contribution in [3.05, 3.63) is 40.0 Å². The fourth-order valence-corrected chi connectivity index (χ4v) is 3.28. The number of hydrogen-bond donors (Lipinski definition) is 3. The summed E-state index contributed by atoms with van der Waals surface area (Å²) < 4.78 is 28.1. The number of rotatable bonds is 5. The number of benzene rings is 1. The minimum Gasteiger partial charge on any atom is -0.316 e. The van der Waals surface area contributed by atoms with Crippen LogP contribution in [-0.2, 0) is 16.6 Å². The number of H-pyrrole nitrogens is 1. The average molecular weight is 359 g/mol. The SMILES string of the molecule is CNCc1c(S(=O)(=O)Nc2ccc(Br)cc2)n[nH]c1C. The highest BCUT2D eigenvalue weighted by atomic mass is 79.9. The quantitative estimate of drug-likeness (QED) is 0.762. The van der Waals surface area contributed by atoms with Crippen molar-refractivity contribution in [3.63, 3.8) is 0 Å². The Bertz CT molecular complexity index is 695. The number of nitrogens with zero attached hydrogens (tertiary/aromatic N) is 1. The lowest BCUT2D eigenvalue weighted by molar-refractivity contribution is 0.595. The van der Waals surface area contributed by atoms with Crippen molar-refractivity contribution < 1.29 is 8.42 Å². The van der Waals surface area contributed by atoms with Crippen molar-refractivity contribution in [3.8, 4) is 0 Å². The molecule has 0 atom stereocenters. The molecule has 2 aromatic rings. The van der Waals surface area contributed by atoms with Gasteiger partial charge in [0, 0.05) is 28.0 Å². The molecule has 0 saturated heterocycles. The lowest BCUT2D eigenvalue weighted by atomic mass is 10.3. The monoisotopic (exact) mass is 358 g/mol. The summed E-state index contributed by atoms with van der Waals surface area (Å²) in [6, 6.07) is 6.89. The first-order valence-electron chi connectivity index (χ1n) is 5.91. The summed E-state index contributed by atoms with van der Waals surface area (Å²) in [7, 11) is -1.95. The van der Waals surface area contributed by atoms with Crippen molar-refractivity contribution >= 4 is 31.6 Å². The Morgan fingerprint density at radius 2 is 1.95 bits per heavy atom. The molecule has 0 unspecified atom stereocenters. The smallest absolute Gasteiger partial charge is 0.281 e.